The molecule has 0 aliphatic heterocycles. The van der Waals surface area contributed by atoms with Crippen LogP contribution < -0.4 is 15.4 Å². The number of anilines is 1. The predicted octanol–water partition coefficient (Wildman–Crippen LogP) is 1.69. The van der Waals surface area contributed by atoms with Crippen LogP contribution in [0.25, 0.3) is 0 Å². The minimum atomic E-state index is -3.36. The second-order valence-electron chi connectivity index (χ2n) is 5.52. The first kappa shape index (κ1) is 16.3. The van der Waals surface area contributed by atoms with Crippen LogP contribution >= 0.6 is 0 Å². The summed E-state index contributed by atoms with van der Waals surface area (Å²) < 4.78 is 26.9. The smallest absolute Gasteiger partial charge is 0.240 e. The predicted molar refractivity (Wildman–Crippen MR) is 86.0 cm³/mol. The van der Waals surface area contributed by atoms with Gasteiger partial charge in [0.25, 0.3) is 0 Å². The van der Waals surface area contributed by atoms with Gasteiger partial charge < -0.3 is 10.6 Å². The van der Waals surface area contributed by atoms with Gasteiger partial charge in [-0.2, -0.15) is 0 Å². The Morgan fingerprint density at radius 2 is 1.90 bits per heavy atom. The third-order valence-electron chi connectivity index (χ3n) is 3.59. The number of nitrogens with one attached hydrogen (secondary N) is 1. The molecule has 0 spiro atoms. The van der Waals surface area contributed by atoms with Crippen molar-refractivity contribution in [3.63, 3.8) is 0 Å². The Kier molecular flexibility index (Phi) is 5.61. The largest absolute Gasteiger partial charge is 0.370 e. The molecule has 1 aliphatic carbocycles. The van der Waals surface area contributed by atoms with Gasteiger partial charge in [0, 0.05) is 31.4 Å². The van der Waals surface area contributed by atoms with Gasteiger partial charge in [0.15, 0.2) is 0 Å². The van der Waals surface area contributed by atoms with Crippen LogP contribution in [0.2, 0.25) is 0 Å². The first-order valence-electron chi connectivity index (χ1n) is 7.64. The van der Waals surface area contributed by atoms with E-state index in [0.29, 0.717) is 11.4 Å². The highest BCUT2D eigenvalue weighted by atomic mass is 32.2. The van der Waals surface area contributed by atoms with Gasteiger partial charge in [-0.3, -0.25) is 0 Å². The van der Waals surface area contributed by atoms with Crippen LogP contribution in [-0.2, 0) is 10.0 Å². The lowest BCUT2D eigenvalue weighted by Gasteiger charge is -2.24. The second-order valence-corrected chi connectivity index (χ2v) is 7.23. The average molecular weight is 311 g/mol. The fourth-order valence-electron chi connectivity index (χ4n) is 2.20. The Morgan fingerprint density at radius 1 is 1.24 bits per heavy atom. The van der Waals surface area contributed by atoms with Crippen molar-refractivity contribution in [2.45, 2.75) is 43.5 Å². The number of rotatable bonds is 9. The van der Waals surface area contributed by atoms with Crippen molar-refractivity contribution < 1.29 is 8.42 Å². The van der Waals surface area contributed by atoms with Crippen LogP contribution in [0, 0.1) is 0 Å². The molecule has 0 heterocycles. The van der Waals surface area contributed by atoms with E-state index in [-0.39, 0.29) is 6.04 Å². The highest BCUT2D eigenvalue weighted by Crippen LogP contribution is 2.23. The molecule has 1 aliphatic rings. The first-order chi connectivity index (χ1) is 10.1. The maximum Gasteiger partial charge on any atom is 0.240 e. The van der Waals surface area contributed by atoms with E-state index in [4.69, 9.17) is 5.73 Å². The average Bonchev–Trinajstić information content (AvgIpc) is 3.27. The number of sulfonamides is 1. The summed E-state index contributed by atoms with van der Waals surface area (Å²) in [6.07, 6.45) is 4.11. The fraction of sp³-hybridized carbons (Fsp3) is 0.600. The van der Waals surface area contributed by atoms with E-state index in [1.165, 1.54) is 0 Å². The lowest BCUT2D eigenvalue weighted by atomic mass is 10.2. The second kappa shape index (κ2) is 7.24. The summed E-state index contributed by atoms with van der Waals surface area (Å²) in [6.45, 7) is 4.47. The van der Waals surface area contributed by atoms with Crippen molar-refractivity contribution in [3.8, 4) is 0 Å². The summed E-state index contributed by atoms with van der Waals surface area (Å²) >= 11 is 0. The zero-order valence-corrected chi connectivity index (χ0v) is 13.4. The lowest BCUT2D eigenvalue weighted by Crippen LogP contribution is -2.30. The van der Waals surface area contributed by atoms with E-state index in [0.717, 1.165) is 44.5 Å². The number of benzene rings is 1. The molecule has 1 aromatic rings. The summed E-state index contributed by atoms with van der Waals surface area (Å²) in [5.41, 5.74) is 6.68. The zero-order chi connectivity index (χ0) is 15.3. The van der Waals surface area contributed by atoms with Crippen LogP contribution in [-0.4, -0.2) is 34.1 Å². The summed E-state index contributed by atoms with van der Waals surface area (Å²) in [4.78, 5) is 2.54. The first-order valence-corrected chi connectivity index (χ1v) is 9.12. The highest BCUT2D eigenvalue weighted by molar-refractivity contribution is 7.89. The maximum atomic E-state index is 12.1. The Labute approximate surface area is 127 Å². The molecule has 1 saturated carbocycles. The van der Waals surface area contributed by atoms with E-state index in [9.17, 15) is 8.42 Å². The van der Waals surface area contributed by atoms with E-state index in [2.05, 4.69) is 16.5 Å². The van der Waals surface area contributed by atoms with Crippen molar-refractivity contribution in [2.24, 2.45) is 5.73 Å². The van der Waals surface area contributed by atoms with Crippen molar-refractivity contribution in [3.05, 3.63) is 24.3 Å². The number of hydrogen-bond donors (Lipinski definition) is 2. The summed E-state index contributed by atoms with van der Waals surface area (Å²) in [6, 6.07) is 7.22. The fourth-order valence-corrected chi connectivity index (χ4v) is 3.50. The molecule has 0 saturated heterocycles. The lowest BCUT2D eigenvalue weighted by molar-refractivity contribution is 0.581. The minimum Gasteiger partial charge on any atom is -0.370 e. The SMILES string of the molecule is CCCCN(CCN)c1ccc(S(=O)(=O)NC2CC2)cc1. The Bertz CT molecular complexity index is 539. The third kappa shape index (κ3) is 4.69. The van der Waals surface area contributed by atoms with Crippen LogP contribution in [0.15, 0.2) is 29.2 Å². The van der Waals surface area contributed by atoms with Crippen LogP contribution in [0.1, 0.15) is 32.6 Å². The van der Waals surface area contributed by atoms with E-state index in [1.807, 2.05) is 12.1 Å². The van der Waals surface area contributed by atoms with Gasteiger partial charge in [0.2, 0.25) is 10.0 Å². The van der Waals surface area contributed by atoms with Gasteiger partial charge >= 0.3 is 0 Å². The summed E-state index contributed by atoms with van der Waals surface area (Å²) in [7, 11) is -3.36. The molecule has 1 fully saturated rings. The molecule has 0 unspecified atom stereocenters. The van der Waals surface area contributed by atoms with Gasteiger partial charge in [-0.1, -0.05) is 13.3 Å². The maximum absolute atomic E-state index is 12.1. The quantitative estimate of drug-likeness (QED) is 0.728. The zero-order valence-electron chi connectivity index (χ0n) is 12.6. The van der Waals surface area contributed by atoms with Crippen LogP contribution in [0.4, 0.5) is 5.69 Å². The molecule has 5 nitrogen and oxygen atoms in total. The standard InChI is InChI=1S/C15H25N3O2S/c1-2-3-11-18(12-10-16)14-6-8-15(9-7-14)21(19,20)17-13-4-5-13/h6-9,13,17H,2-5,10-12,16H2,1H3. The molecule has 1 aromatic carbocycles. The minimum absolute atomic E-state index is 0.132. The summed E-state index contributed by atoms with van der Waals surface area (Å²) in [5, 5.41) is 0. The Balaban J connectivity index is 2.08. The van der Waals surface area contributed by atoms with Crippen molar-refractivity contribution in [1.29, 1.82) is 0 Å². The van der Waals surface area contributed by atoms with Crippen LogP contribution in [0.5, 0.6) is 0 Å². The molecule has 6 heteroatoms. The molecule has 118 valence electrons. The van der Waals surface area contributed by atoms with E-state index >= 15 is 0 Å². The molecule has 21 heavy (non-hydrogen) atoms. The molecule has 0 aromatic heterocycles. The Hall–Kier alpha value is -1.11. The molecule has 0 amide bonds. The number of nitrogens with two attached hydrogens (primary N) is 1. The third-order valence-corrected chi connectivity index (χ3v) is 5.13. The van der Waals surface area contributed by atoms with Gasteiger partial charge in [0.05, 0.1) is 4.90 Å². The molecule has 0 bridgehead atoms. The Morgan fingerprint density at radius 3 is 2.43 bits per heavy atom. The topological polar surface area (TPSA) is 75.4 Å². The van der Waals surface area contributed by atoms with E-state index < -0.39 is 10.0 Å². The molecule has 0 radical (unpaired) electrons. The van der Waals surface area contributed by atoms with Crippen molar-refractivity contribution in [2.75, 3.05) is 24.5 Å². The molecular weight excluding hydrogens is 286 g/mol. The molecule has 2 rings (SSSR count). The molecule has 3 N–H and O–H groups in total. The van der Waals surface area contributed by atoms with Gasteiger partial charge in [0.1, 0.15) is 0 Å². The van der Waals surface area contributed by atoms with Gasteiger partial charge in [-0.05, 0) is 43.5 Å². The highest BCUT2D eigenvalue weighted by Gasteiger charge is 2.27. The summed E-state index contributed by atoms with van der Waals surface area (Å²) in [5.74, 6) is 0. The van der Waals surface area contributed by atoms with Gasteiger partial charge in [-0.25, -0.2) is 13.1 Å². The van der Waals surface area contributed by atoms with Crippen molar-refractivity contribution >= 4 is 15.7 Å². The number of hydrogen-bond acceptors (Lipinski definition) is 4. The van der Waals surface area contributed by atoms with Gasteiger partial charge in [-0.15, -0.1) is 0 Å². The van der Waals surface area contributed by atoms with Crippen LogP contribution in [0.3, 0.4) is 0 Å². The number of unbranched alkanes of at least 4 members (excludes halogenated alkanes) is 1. The normalized spacial score (nSPS) is 15.1. The number of nitrogens with zero attached hydrogens (tertiary/aromatic N) is 1. The van der Waals surface area contributed by atoms with Crippen molar-refractivity contribution in [1.82, 2.24) is 4.72 Å². The van der Waals surface area contributed by atoms with E-state index in [1.54, 1.807) is 12.1 Å². The molecular formula is C15H25N3O2S. The monoisotopic (exact) mass is 311 g/mol. The molecule has 0 atom stereocenters.